The predicted octanol–water partition coefficient (Wildman–Crippen LogP) is 1.56. The third-order valence-corrected chi connectivity index (χ3v) is 1.96. The molecule has 1 aromatic rings. The molecule has 0 bridgehead atoms. The Labute approximate surface area is 94.6 Å². The second kappa shape index (κ2) is 5.56. The molecule has 2 N–H and O–H groups in total. The lowest BCUT2D eigenvalue weighted by Gasteiger charge is -2.04. The van der Waals surface area contributed by atoms with Crippen LogP contribution in [0.25, 0.3) is 0 Å². The Morgan fingerprint density at radius 1 is 1.38 bits per heavy atom. The van der Waals surface area contributed by atoms with Crippen LogP contribution in [0.4, 0.5) is 5.69 Å². The maximum atomic E-state index is 11.6. The van der Waals surface area contributed by atoms with Gasteiger partial charge in [-0.1, -0.05) is 17.7 Å². The molecule has 0 fully saturated rings. The lowest BCUT2D eigenvalue weighted by atomic mass is 10.2. The molecule has 0 aromatic heterocycles. The second-order valence-corrected chi connectivity index (χ2v) is 3.28. The molecular weight excluding hydrogens is 202 g/mol. The molecule has 4 heteroatoms. The summed E-state index contributed by atoms with van der Waals surface area (Å²) in [6, 6.07) is 9.19. The number of aryl methyl sites for hydroxylation is 1. The molecule has 0 aliphatic rings. The molecule has 1 aromatic carbocycles. The van der Waals surface area contributed by atoms with E-state index in [-0.39, 0.29) is 5.57 Å². The van der Waals surface area contributed by atoms with Crippen LogP contribution in [0.1, 0.15) is 5.56 Å². The molecule has 0 spiro atoms. The van der Waals surface area contributed by atoms with E-state index in [2.05, 4.69) is 10.6 Å². The zero-order chi connectivity index (χ0) is 12.0. The minimum Gasteiger partial charge on any atom is -0.393 e. The van der Waals surface area contributed by atoms with Crippen molar-refractivity contribution in [3.63, 3.8) is 0 Å². The molecule has 0 unspecified atom stereocenters. The van der Waals surface area contributed by atoms with Crippen molar-refractivity contribution < 1.29 is 4.79 Å². The number of nitrogens with one attached hydrogen (secondary N) is 2. The van der Waals surface area contributed by atoms with Gasteiger partial charge in [-0.3, -0.25) is 4.79 Å². The first-order valence-electron chi connectivity index (χ1n) is 4.83. The van der Waals surface area contributed by atoms with Gasteiger partial charge in [-0.25, -0.2) is 0 Å². The van der Waals surface area contributed by atoms with Gasteiger partial charge in [0.1, 0.15) is 11.6 Å². The van der Waals surface area contributed by atoms with Crippen LogP contribution >= 0.6 is 0 Å². The van der Waals surface area contributed by atoms with Crippen molar-refractivity contribution >= 4 is 11.6 Å². The van der Waals surface area contributed by atoms with Crippen LogP contribution in [-0.4, -0.2) is 13.0 Å². The fraction of sp³-hybridized carbons (Fsp3) is 0.167. The Bertz CT molecular complexity index is 440. The number of nitriles is 1. The van der Waals surface area contributed by atoms with Crippen LogP contribution in [0.5, 0.6) is 0 Å². The van der Waals surface area contributed by atoms with E-state index in [4.69, 9.17) is 5.26 Å². The molecule has 0 atom stereocenters. The summed E-state index contributed by atoms with van der Waals surface area (Å²) >= 11 is 0. The minimum atomic E-state index is -0.416. The van der Waals surface area contributed by atoms with E-state index >= 15 is 0 Å². The van der Waals surface area contributed by atoms with Gasteiger partial charge in [-0.05, 0) is 19.1 Å². The van der Waals surface area contributed by atoms with Gasteiger partial charge < -0.3 is 10.6 Å². The van der Waals surface area contributed by atoms with Crippen LogP contribution in [0.3, 0.4) is 0 Å². The van der Waals surface area contributed by atoms with E-state index in [9.17, 15) is 4.79 Å². The molecule has 0 saturated heterocycles. The summed E-state index contributed by atoms with van der Waals surface area (Å²) in [7, 11) is 1.64. The van der Waals surface area contributed by atoms with Crippen molar-refractivity contribution in [2.24, 2.45) is 0 Å². The van der Waals surface area contributed by atoms with E-state index in [0.717, 1.165) is 5.56 Å². The number of amides is 1. The van der Waals surface area contributed by atoms with Crippen molar-refractivity contribution in [3.05, 3.63) is 41.6 Å². The van der Waals surface area contributed by atoms with Gasteiger partial charge in [0.15, 0.2) is 0 Å². The Hall–Kier alpha value is -2.28. The first kappa shape index (κ1) is 11.8. The van der Waals surface area contributed by atoms with E-state index in [0.29, 0.717) is 5.69 Å². The van der Waals surface area contributed by atoms with Gasteiger partial charge in [0.2, 0.25) is 0 Å². The average Bonchev–Trinajstić information content (AvgIpc) is 2.29. The summed E-state index contributed by atoms with van der Waals surface area (Å²) < 4.78 is 0. The SMILES string of the molecule is CN/C=C(/C#N)C(=O)Nc1ccc(C)cc1. The van der Waals surface area contributed by atoms with Gasteiger partial charge in [-0.2, -0.15) is 5.26 Å². The minimum absolute atomic E-state index is 0.0445. The number of benzene rings is 1. The highest BCUT2D eigenvalue weighted by Crippen LogP contribution is 2.09. The predicted molar refractivity (Wildman–Crippen MR) is 62.6 cm³/mol. The van der Waals surface area contributed by atoms with Gasteiger partial charge in [0, 0.05) is 18.9 Å². The zero-order valence-corrected chi connectivity index (χ0v) is 9.24. The Kier molecular flexibility index (Phi) is 4.10. The topological polar surface area (TPSA) is 64.9 Å². The summed E-state index contributed by atoms with van der Waals surface area (Å²) in [5.74, 6) is -0.416. The highest BCUT2D eigenvalue weighted by molar-refractivity contribution is 6.06. The summed E-state index contributed by atoms with van der Waals surface area (Å²) in [5.41, 5.74) is 1.83. The molecule has 0 aliphatic carbocycles. The molecule has 82 valence electrons. The Morgan fingerprint density at radius 2 is 2.00 bits per heavy atom. The van der Waals surface area contributed by atoms with Crippen LogP contribution in [0, 0.1) is 18.3 Å². The highest BCUT2D eigenvalue weighted by atomic mass is 16.1. The third-order valence-electron chi connectivity index (χ3n) is 1.96. The first-order chi connectivity index (χ1) is 7.67. The summed E-state index contributed by atoms with van der Waals surface area (Å²) in [5, 5.41) is 14.0. The van der Waals surface area contributed by atoms with Gasteiger partial charge in [0.05, 0.1) is 0 Å². The van der Waals surface area contributed by atoms with Crippen molar-refractivity contribution in [2.75, 3.05) is 12.4 Å². The maximum Gasteiger partial charge on any atom is 0.267 e. The number of nitrogens with zero attached hydrogens (tertiary/aromatic N) is 1. The number of carbonyl (C=O) groups is 1. The van der Waals surface area contributed by atoms with E-state index < -0.39 is 5.91 Å². The molecular formula is C12H13N3O. The molecule has 1 rings (SSSR count). The second-order valence-electron chi connectivity index (χ2n) is 3.28. The fourth-order valence-electron chi connectivity index (χ4n) is 1.13. The normalized spacial score (nSPS) is 10.4. The Balaban J connectivity index is 2.75. The molecule has 4 nitrogen and oxygen atoms in total. The average molecular weight is 215 g/mol. The molecule has 0 heterocycles. The highest BCUT2D eigenvalue weighted by Gasteiger charge is 2.08. The molecule has 1 amide bonds. The fourth-order valence-corrected chi connectivity index (χ4v) is 1.13. The van der Waals surface area contributed by atoms with Crippen molar-refractivity contribution in [1.82, 2.24) is 5.32 Å². The van der Waals surface area contributed by atoms with Crippen molar-refractivity contribution in [2.45, 2.75) is 6.92 Å². The summed E-state index contributed by atoms with van der Waals surface area (Å²) in [4.78, 5) is 11.6. The molecule has 16 heavy (non-hydrogen) atoms. The number of carbonyl (C=O) groups excluding carboxylic acids is 1. The smallest absolute Gasteiger partial charge is 0.267 e. The Morgan fingerprint density at radius 3 is 2.50 bits per heavy atom. The summed E-state index contributed by atoms with van der Waals surface area (Å²) in [6.07, 6.45) is 1.36. The molecule has 0 radical (unpaired) electrons. The van der Waals surface area contributed by atoms with E-state index in [1.165, 1.54) is 6.20 Å². The van der Waals surface area contributed by atoms with Crippen LogP contribution < -0.4 is 10.6 Å². The van der Waals surface area contributed by atoms with Gasteiger partial charge in [-0.15, -0.1) is 0 Å². The quantitative estimate of drug-likeness (QED) is 0.594. The van der Waals surface area contributed by atoms with E-state index in [1.54, 1.807) is 19.2 Å². The third kappa shape index (κ3) is 3.14. The standard InChI is InChI=1S/C12H13N3O/c1-9-3-5-11(6-4-9)15-12(16)10(7-13)8-14-2/h3-6,8,14H,1-2H3,(H,15,16)/b10-8-. The van der Waals surface area contributed by atoms with Crippen molar-refractivity contribution in [1.29, 1.82) is 5.26 Å². The van der Waals surface area contributed by atoms with Crippen LogP contribution in [-0.2, 0) is 4.79 Å². The molecule has 0 saturated carbocycles. The first-order valence-corrected chi connectivity index (χ1v) is 4.83. The number of rotatable bonds is 3. The lowest BCUT2D eigenvalue weighted by molar-refractivity contribution is -0.112. The number of anilines is 1. The van der Waals surface area contributed by atoms with Gasteiger partial charge >= 0.3 is 0 Å². The largest absolute Gasteiger partial charge is 0.393 e. The van der Waals surface area contributed by atoms with Gasteiger partial charge in [0.25, 0.3) is 5.91 Å². The van der Waals surface area contributed by atoms with E-state index in [1.807, 2.05) is 25.1 Å². The molecule has 0 aliphatic heterocycles. The lowest BCUT2D eigenvalue weighted by Crippen LogP contribution is -2.15. The number of hydrogen-bond donors (Lipinski definition) is 2. The number of hydrogen-bond acceptors (Lipinski definition) is 3. The van der Waals surface area contributed by atoms with Crippen LogP contribution in [0.2, 0.25) is 0 Å². The zero-order valence-electron chi connectivity index (χ0n) is 9.24. The monoisotopic (exact) mass is 215 g/mol. The van der Waals surface area contributed by atoms with Crippen LogP contribution in [0.15, 0.2) is 36.0 Å². The summed E-state index contributed by atoms with van der Waals surface area (Å²) in [6.45, 7) is 1.97. The maximum absolute atomic E-state index is 11.6. The van der Waals surface area contributed by atoms with Crippen molar-refractivity contribution in [3.8, 4) is 6.07 Å².